The molecule has 2 aromatic rings. The summed E-state index contributed by atoms with van der Waals surface area (Å²) in [7, 11) is -3.27. The van der Waals surface area contributed by atoms with Crippen molar-refractivity contribution in [2.75, 3.05) is 12.4 Å². The molecule has 0 fully saturated rings. The van der Waals surface area contributed by atoms with Crippen molar-refractivity contribution in [3.63, 3.8) is 0 Å². The highest BCUT2D eigenvalue weighted by molar-refractivity contribution is 7.91. The second-order valence-electron chi connectivity index (χ2n) is 5.29. The Morgan fingerprint density at radius 3 is 2.55 bits per heavy atom. The van der Waals surface area contributed by atoms with Gasteiger partial charge in [0.2, 0.25) is 5.88 Å². The van der Waals surface area contributed by atoms with Crippen molar-refractivity contribution >= 4 is 9.84 Å². The summed E-state index contributed by atoms with van der Waals surface area (Å²) >= 11 is 0. The molecule has 0 saturated carbocycles. The lowest BCUT2D eigenvalue weighted by Crippen LogP contribution is -2.11. The van der Waals surface area contributed by atoms with Crippen LogP contribution < -0.4 is 4.74 Å². The zero-order chi connectivity index (χ0) is 16.2. The lowest BCUT2D eigenvalue weighted by Gasteiger charge is -2.07. The van der Waals surface area contributed by atoms with Gasteiger partial charge in [-0.25, -0.2) is 8.42 Å². The van der Waals surface area contributed by atoms with Crippen molar-refractivity contribution in [3.05, 3.63) is 47.2 Å². The van der Waals surface area contributed by atoms with Crippen LogP contribution in [0.1, 0.15) is 23.2 Å². The minimum absolute atomic E-state index is 0.0503. The summed E-state index contributed by atoms with van der Waals surface area (Å²) < 4.78 is 29.9. The SMILES string of the molecule is Cc1cccc(S(=O)(=O)CCCOc2cc(C)c(C)nn2)c1. The summed E-state index contributed by atoms with van der Waals surface area (Å²) in [5.74, 6) is 0.477. The maximum absolute atomic E-state index is 12.2. The Morgan fingerprint density at radius 2 is 1.86 bits per heavy atom. The second kappa shape index (κ2) is 6.87. The maximum Gasteiger partial charge on any atom is 0.233 e. The standard InChI is InChI=1S/C16H20N2O3S/c1-12-6-4-7-15(10-12)22(19,20)9-5-8-21-16-11-13(2)14(3)17-18-16/h4,6-7,10-11H,5,8-9H2,1-3H3. The largest absolute Gasteiger partial charge is 0.477 e. The molecule has 5 nitrogen and oxygen atoms in total. The molecule has 1 aromatic carbocycles. The molecule has 0 spiro atoms. The van der Waals surface area contributed by atoms with Gasteiger partial charge in [-0.2, -0.15) is 5.10 Å². The molecule has 118 valence electrons. The highest BCUT2D eigenvalue weighted by Crippen LogP contribution is 2.14. The van der Waals surface area contributed by atoms with E-state index >= 15 is 0 Å². The number of benzene rings is 1. The van der Waals surface area contributed by atoms with Gasteiger partial charge in [-0.1, -0.05) is 12.1 Å². The summed E-state index contributed by atoms with van der Waals surface area (Å²) in [4.78, 5) is 0.360. The third-order valence-corrected chi connectivity index (χ3v) is 5.16. The summed E-state index contributed by atoms with van der Waals surface area (Å²) in [5.41, 5.74) is 2.79. The second-order valence-corrected chi connectivity index (χ2v) is 7.40. The molecule has 1 aromatic heterocycles. The summed E-state index contributed by atoms with van der Waals surface area (Å²) in [6, 6.07) is 8.74. The highest BCUT2D eigenvalue weighted by atomic mass is 32.2. The fourth-order valence-electron chi connectivity index (χ4n) is 1.94. The zero-order valence-electron chi connectivity index (χ0n) is 13.0. The fraction of sp³-hybridized carbons (Fsp3) is 0.375. The smallest absolute Gasteiger partial charge is 0.233 e. The highest BCUT2D eigenvalue weighted by Gasteiger charge is 2.14. The van der Waals surface area contributed by atoms with Crippen LogP contribution in [0.5, 0.6) is 5.88 Å². The van der Waals surface area contributed by atoms with Crippen molar-refractivity contribution in [1.82, 2.24) is 10.2 Å². The van der Waals surface area contributed by atoms with Crippen LogP contribution in [0.15, 0.2) is 35.2 Å². The van der Waals surface area contributed by atoms with E-state index in [0.717, 1.165) is 16.8 Å². The predicted molar refractivity (Wildman–Crippen MR) is 84.8 cm³/mol. The zero-order valence-corrected chi connectivity index (χ0v) is 13.9. The van der Waals surface area contributed by atoms with E-state index in [4.69, 9.17) is 4.74 Å². The number of hydrogen-bond donors (Lipinski definition) is 0. The third kappa shape index (κ3) is 4.27. The Labute approximate surface area is 131 Å². The Bertz CT molecular complexity index is 758. The molecule has 6 heteroatoms. The molecule has 0 unspecified atom stereocenters. The molecule has 0 amide bonds. The normalized spacial score (nSPS) is 11.4. The van der Waals surface area contributed by atoms with E-state index in [1.54, 1.807) is 24.3 Å². The monoisotopic (exact) mass is 320 g/mol. The van der Waals surface area contributed by atoms with Crippen LogP contribution in [0.4, 0.5) is 0 Å². The average Bonchev–Trinajstić information content (AvgIpc) is 2.47. The first-order valence-corrected chi connectivity index (χ1v) is 8.77. The van der Waals surface area contributed by atoms with Crippen LogP contribution in [0.25, 0.3) is 0 Å². The minimum Gasteiger partial charge on any atom is -0.477 e. The lowest BCUT2D eigenvalue weighted by molar-refractivity contribution is 0.301. The van der Waals surface area contributed by atoms with Gasteiger partial charge < -0.3 is 4.74 Å². The lowest BCUT2D eigenvalue weighted by atomic mass is 10.2. The topological polar surface area (TPSA) is 69.2 Å². The van der Waals surface area contributed by atoms with E-state index in [2.05, 4.69) is 10.2 Å². The first-order valence-electron chi connectivity index (χ1n) is 7.11. The van der Waals surface area contributed by atoms with E-state index in [1.807, 2.05) is 26.8 Å². The van der Waals surface area contributed by atoms with E-state index in [-0.39, 0.29) is 5.75 Å². The van der Waals surface area contributed by atoms with Gasteiger partial charge in [-0.05, 0) is 50.5 Å². The molecule has 0 N–H and O–H groups in total. The quantitative estimate of drug-likeness (QED) is 0.765. The third-order valence-electron chi connectivity index (χ3n) is 3.37. The van der Waals surface area contributed by atoms with Gasteiger partial charge in [0.25, 0.3) is 0 Å². The van der Waals surface area contributed by atoms with Crippen molar-refractivity contribution in [1.29, 1.82) is 0 Å². The van der Waals surface area contributed by atoms with E-state index in [1.165, 1.54) is 0 Å². The number of aromatic nitrogens is 2. The van der Waals surface area contributed by atoms with Crippen LogP contribution >= 0.6 is 0 Å². The van der Waals surface area contributed by atoms with Crippen LogP contribution in [0.2, 0.25) is 0 Å². The number of sulfone groups is 1. The molecular formula is C16H20N2O3S. The number of nitrogens with zero attached hydrogens (tertiary/aromatic N) is 2. The number of rotatable bonds is 6. The fourth-order valence-corrected chi connectivity index (χ4v) is 3.33. The summed E-state index contributed by atoms with van der Waals surface area (Å²) in [5, 5.41) is 7.89. The number of ether oxygens (including phenoxy) is 1. The number of aryl methyl sites for hydroxylation is 3. The van der Waals surface area contributed by atoms with Crippen molar-refractivity contribution < 1.29 is 13.2 Å². The van der Waals surface area contributed by atoms with E-state index < -0.39 is 9.84 Å². The van der Waals surface area contributed by atoms with Gasteiger partial charge in [0.05, 0.1) is 22.9 Å². The molecule has 1 heterocycles. The van der Waals surface area contributed by atoms with Gasteiger partial charge in [-0.15, -0.1) is 5.10 Å². The molecular weight excluding hydrogens is 300 g/mol. The van der Waals surface area contributed by atoms with Crippen LogP contribution in [0, 0.1) is 20.8 Å². The van der Waals surface area contributed by atoms with Crippen LogP contribution in [0.3, 0.4) is 0 Å². The molecule has 0 bridgehead atoms. The molecule has 0 atom stereocenters. The summed E-state index contributed by atoms with van der Waals surface area (Å²) in [6.07, 6.45) is 0.408. The minimum atomic E-state index is -3.27. The van der Waals surface area contributed by atoms with E-state index in [9.17, 15) is 8.42 Å². The molecule has 22 heavy (non-hydrogen) atoms. The first-order chi connectivity index (χ1) is 10.4. The first kappa shape index (κ1) is 16.4. The van der Waals surface area contributed by atoms with Crippen molar-refractivity contribution in [3.8, 4) is 5.88 Å². The number of hydrogen-bond acceptors (Lipinski definition) is 5. The molecule has 0 saturated heterocycles. The average molecular weight is 320 g/mol. The van der Waals surface area contributed by atoms with Crippen LogP contribution in [-0.2, 0) is 9.84 Å². The molecule has 0 radical (unpaired) electrons. The summed E-state index contributed by atoms with van der Waals surface area (Å²) in [6.45, 7) is 5.97. The van der Waals surface area contributed by atoms with Crippen molar-refractivity contribution in [2.45, 2.75) is 32.1 Å². The maximum atomic E-state index is 12.2. The van der Waals surface area contributed by atoms with Gasteiger partial charge in [0.1, 0.15) is 0 Å². The Hall–Kier alpha value is -1.95. The van der Waals surface area contributed by atoms with Gasteiger partial charge in [0.15, 0.2) is 9.84 Å². The van der Waals surface area contributed by atoms with Gasteiger partial charge in [-0.3, -0.25) is 0 Å². The Kier molecular flexibility index (Phi) is 5.13. The molecule has 0 aliphatic rings. The Morgan fingerprint density at radius 1 is 1.09 bits per heavy atom. The molecule has 0 aliphatic carbocycles. The van der Waals surface area contributed by atoms with Crippen LogP contribution in [-0.4, -0.2) is 31.0 Å². The Balaban J connectivity index is 1.89. The molecule has 0 aliphatic heterocycles. The van der Waals surface area contributed by atoms with Gasteiger partial charge in [0, 0.05) is 6.07 Å². The van der Waals surface area contributed by atoms with Crippen molar-refractivity contribution in [2.24, 2.45) is 0 Å². The van der Waals surface area contributed by atoms with E-state index in [0.29, 0.717) is 23.8 Å². The molecule has 2 rings (SSSR count). The van der Waals surface area contributed by atoms with Gasteiger partial charge >= 0.3 is 0 Å². The predicted octanol–water partition coefficient (Wildman–Crippen LogP) is 2.64.